The fraction of sp³-hybridized carbons (Fsp3) is 0.571. The zero-order chi connectivity index (χ0) is 51.8. The average Bonchev–Trinajstić information content (AvgIpc) is 3.10. The monoisotopic (exact) mass is 1010 g/mol. The summed E-state index contributed by atoms with van der Waals surface area (Å²) < 4.78 is 125. The Morgan fingerprint density at radius 2 is 0.815 bits per heavy atom. The van der Waals surface area contributed by atoms with Crippen LogP contribution in [0.15, 0.2) is 54.6 Å². The van der Waals surface area contributed by atoms with Crippen LogP contribution >= 0.6 is 11.1 Å². The summed E-state index contributed by atoms with van der Waals surface area (Å²) in [5.41, 5.74) is 1.95. The lowest BCUT2D eigenvalue weighted by atomic mass is 10.1. The zero-order valence-corrected chi connectivity index (χ0v) is 43.2. The molecule has 10 nitrogen and oxygen atoms in total. The highest BCUT2D eigenvalue weighted by Crippen LogP contribution is 2.41. The van der Waals surface area contributed by atoms with Crippen LogP contribution in [0.2, 0.25) is 54.4 Å². The van der Waals surface area contributed by atoms with E-state index in [0.29, 0.717) is 28.8 Å². The Morgan fingerprint density at radius 1 is 0.538 bits per heavy atom. The number of halogens is 10. The molecule has 3 aromatic carbocycles. The molecule has 0 heterocycles. The van der Waals surface area contributed by atoms with Crippen LogP contribution in [-0.2, 0) is 47.2 Å². The Bertz CT molecular complexity index is 2050. The summed E-state index contributed by atoms with van der Waals surface area (Å²) in [5, 5.41) is 30.0. The number of non-ortho nitro benzene ring substituents is 2. The molecule has 3 rings (SSSR count). The molecule has 0 aliphatic carbocycles. The van der Waals surface area contributed by atoms with E-state index in [1.807, 2.05) is 33.9 Å². The number of nitro benzene ring substituents is 2. The topological polar surface area (TPSA) is 151 Å². The molecule has 0 aliphatic heterocycles. The van der Waals surface area contributed by atoms with E-state index in [4.69, 9.17) is 30.8 Å². The van der Waals surface area contributed by atoms with Gasteiger partial charge in [-0.05, 0) is 88.3 Å². The van der Waals surface area contributed by atoms with Crippen LogP contribution in [0.3, 0.4) is 0 Å². The molecule has 0 bridgehead atoms. The number of rotatable bonds is 9. The van der Waals surface area contributed by atoms with E-state index in [0.717, 1.165) is 30.3 Å². The van der Waals surface area contributed by atoms with Crippen molar-refractivity contribution in [3.05, 3.63) is 108 Å². The highest BCUT2D eigenvalue weighted by Gasteiger charge is 2.39. The van der Waals surface area contributed by atoms with Gasteiger partial charge in [-0.2, -0.15) is 50.6 Å². The van der Waals surface area contributed by atoms with Crippen molar-refractivity contribution < 1.29 is 63.3 Å². The first-order chi connectivity index (χ1) is 28.7. The van der Waals surface area contributed by atoms with Crippen molar-refractivity contribution in [2.75, 3.05) is 5.73 Å². The van der Waals surface area contributed by atoms with Crippen molar-refractivity contribution >= 4 is 52.2 Å². The van der Waals surface area contributed by atoms with Gasteiger partial charge in [-0.15, -0.1) is 0 Å². The van der Waals surface area contributed by atoms with Gasteiger partial charge in [0.05, 0.1) is 46.4 Å². The maximum absolute atomic E-state index is 12.8. The predicted molar refractivity (Wildman–Crippen MR) is 245 cm³/mol. The second-order valence-electron chi connectivity index (χ2n) is 19.7. The lowest BCUT2D eigenvalue weighted by Gasteiger charge is -2.36. The second kappa shape index (κ2) is 22.5. The van der Waals surface area contributed by atoms with E-state index in [2.05, 4.69) is 67.7 Å². The van der Waals surface area contributed by atoms with Crippen LogP contribution in [0.5, 0.6) is 0 Å². The van der Waals surface area contributed by atoms with Crippen molar-refractivity contribution in [3.63, 3.8) is 0 Å². The first-order valence-electron chi connectivity index (χ1n) is 19.9. The molecule has 0 unspecified atom stereocenters. The molecule has 0 aliphatic rings. The van der Waals surface area contributed by atoms with Crippen LogP contribution in [-0.4, -0.2) is 39.0 Å². The van der Waals surface area contributed by atoms with Crippen LogP contribution in [0.4, 0.5) is 56.6 Å². The van der Waals surface area contributed by atoms with Gasteiger partial charge in [-0.25, -0.2) is 0 Å². The minimum atomic E-state index is -4.66. The number of hydrogen-bond acceptors (Lipinski definition) is 8. The molecule has 23 heteroatoms. The van der Waals surface area contributed by atoms with E-state index in [1.165, 1.54) is 6.07 Å². The van der Waals surface area contributed by atoms with Crippen LogP contribution in [0.25, 0.3) is 0 Å². The van der Waals surface area contributed by atoms with E-state index in [9.17, 15) is 59.7 Å². The molecule has 0 atom stereocenters. The number of nitro groups is 2. The standard InChI is InChI=1S/C14H20F3NO3Si.C14H22F3NOSi.C8H6F3NO3.C6H15ClSi/c1-13(2,3)22(4,5)21-9-10-6-11(14(15,16)17)8-12(7-10)18(19)20;1-13(2,3)20(4,5)19-9-10-6-11(14(15,16)17)8-12(18)7-10;9-8(10,11)6-1-5(4-13)2-7(3-6)12(14)15;1-6(2,3)8(4,5)7/h6-8H,9H2,1-5H3;6-8H,9,18H2,1-5H3;1-3,13H,4H2;1-5H3. The molecule has 0 amide bonds. The summed E-state index contributed by atoms with van der Waals surface area (Å²) in [6.45, 7) is 30.7. The Morgan fingerprint density at radius 3 is 1.08 bits per heavy atom. The highest BCUT2D eigenvalue weighted by atomic mass is 35.6. The Balaban J connectivity index is 0.000000882. The predicted octanol–water partition coefficient (Wildman–Crippen LogP) is 15.3. The number of nitrogens with zero attached hydrogens (tertiary/aromatic N) is 2. The lowest BCUT2D eigenvalue weighted by Crippen LogP contribution is -2.40. The minimum absolute atomic E-state index is 0.0141. The van der Waals surface area contributed by atoms with Crippen molar-refractivity contribution in [2.45, 2.75) is 155 Å². The SMILES string of the molecule is CC(C)(C)[Si](C)(C)Cl.CC(C)(C)[Si](C)(C)OCc1cc(N)cc(C(F)(F)F)c1.CC(C)(C)[Si](C)(C)OCc1cc([N+](=O)[O-])cc(C(F)(F)F)c1.O=[N+]([O-])c1cc(CO)cc(C(F)(F)F)c1. The third-order valence-electron chi connectivity index (χ3n) is 11.2. The molecule has 65 heavy (non-hydrogen) atoms. The summed E-state index contributed by atoms with van der Waals surface area (Å²) >= 11 is 6.15. The zero-order valence-electron chi connectivity index (χ0n) is 39.5. The van der Waals surface area contributed by atoms with Crippen molar-refractivity contribution in [2.24, 2.45) is 0 Å². The van der Waals surface area contributed by atoms with E-state index >= 15 is 0 Å². The lowest BCUT2D eigenvalue weighted by molar-refractivity contribution is -0.385. The van der Waals surface area contributed by atoms with E-state index in [-0.39, 0.29) is 40.1 Å². The largest absolute Gasteiger partial charge is 0.416 e. The fourth-order valence-corrected chi connectivity index (χ4v) is 5.91. The van der Waals surface area contributed by atoms with Crippen molar-refractivity contribution in [3.8, 4) is 0 Å². The maximum atomic E-state index is 12.8. The van der Waals surface area contributed by atoms with Gasteiger partial charge in [0.1, 0.15) is 0 Å². The second-order valence-corrected chi connectivity index (χ2v) is 36.6. The Kier molecular flexibility index (Phi) is 21.3. The summed E-state index contributed by atoms with van der Waals surface area (Å²) in [4.78, 5) is 19.3. The first kappa shape index (κ1) is 61.5. The van der Waals surface area contributed by atoms with Crippen molar-refractivity contribution in [1.29, 1.82) is 0 Å². The molecule has 3 N–H and O–H groups in total. The number of benzene rings is 3. The summed E-state index contributed by atoms with van der Waals surface area (Å²) in [7, 11) is -5.52. The normalized spacial score (nSPS) is 13.1. The Hall–Kier alpha value is -3.55. The van der Waals surface area contributed by atoms with Crippen LogP contribution in [0.1, 0.15) is 95.7 Å². The van der Waals surface area contributed by atoms with Crippen molar-refractivity contribution in [1.82, 2.24) is 0 Å². The molecule has 3 aromatic rings. The molecule has 0 spiro atoms. The van der Waals surface area contributed by atoms with Gasteiger partial charge in [0.25, 0.3) is 11.4 Å². The number of anilines is 1. The van der Waals surface area contributed by atoms with Crippen LogP contribution in [0, 0.1) is 20.2 Å². The van der Waals surface area contributed by atoms with Gasteiger partial charge in [0.15, 0.2) is 24.0 Å². The van der Waals surface area contributed by atoms with Gasteiger partial charge in [-0.3, -0.25) is 20.2 Å². The molecule has 0 fully saturated rings. The first-order valence-corrected chi connectivity index (χ1v) is 29.7. The van der Waals surface area contributed by atoms with E-state index in [1.54, 1.807) is 0 Å². The molecule has 0 radical (unpaired) electrons. The quantitative estimate of drug-likeness (QED) is 0.0537. The van der Waals surface area contributed by atoms with Gasteiger partial charge in [0, 0.05) is 30.0 Å². The molecule has 370 valence electrons. The maximum Gasteiger partial charge on any atom is 0.416 e. The van der Waals surface area contributed by atoms with Gasteiger partial charge < -0.3 is 19.7 Å². The molecular weight excluding hydrogens is 949 g/mol. The Labute approximate surface area is 383 Å². The number of nitrogen functional groups attached to an aromatic ring is 1. The van der Waals surface area contributed by atoms with Gasteiger partial charge in [-0.1, -0.05) is 75.4 Å². The highest BCUT2D eigenvalue weighted by molar-refractivity contribution is 7.20. The number of aliphatic hydroxyl groups excluding tert-OH is 1. The molecule has 0 saturated carbocycles. The van der Waals surface area contributed by atoms with Gasteiger partial charge >= 0.3 is 18.5 Å². The summed E-state index contributed by atoms with van der Waals surface area (Å²) in [6.07, 6.45) is -13.7. The molecular formula is C42H63ClF9N3O7Si3. The summed E-state index contributed by atoms with van der Waals surface area (Å²) in [6, 6.07) is 8.14. The third-order valence-corrected chi connectivity index (χ3v) is 25.4. The molecule has 0 aromatic heterocycles. The molecule has 0 saturated heterocycles. The van der Waals surface area contributed by atoms with Crippen LogP contribution < -0.4 is 5.73 Å². The summed E-state index contributed by atoms with van der Waals surface area (Å²) in [5.74, 6) is 0. The number of aliphatic hydroxyl groups is 1. The fourth-order valence-electron chi connectivity index (χ4n) is 3.99. The number of nitrogens with two attached hydrogens (primary N) is 1. The number of hydrogen-bond donors (Lipinski definition) is 2. The third kappa shape index (κ3) is 20.9. The number of alkyl halides is 9. The smallest absolute Gasteiger partial charge is 0.413 e. The van der Waals surface area contributed by atoms with Gasteiger partial charge in [0.2, 0.25) is 0 Å². The minimum Gasteiger partial charge on any atom is -0.413 e. The van der Waals surface area contributed by atoms with E-state index < -0.39 is 87.1 Å². The average molecular weight is 1010 g/mol.